The molecule has 0 spiro atoms. The molecule has 2 aromatic carbocycles. The van der Waals surface area contributed by atoms with E-state index in [1.165, 1.54) is 0 Å². The van der Waals surface area contributed by atoms with E-state index < -0.39 is 0 Å². The number of carbonyl (C=O) groups excluding carboxylic acids is 2. The average molecular weight is 389 g/mol. The molecule has 0 bridgehead atoms. The lowest BCUT2D eigenvalue weighted by molar-refractivity contribution is -0.116. The second kappa shape index (κ2) is 8.39. The van der Waals surface area contributed by atoms with E-state index in [1.807, 2.05) is 6.07 Å². The predicted molar refractivity (Wildman–Crippen MR) is 106 cm³/mol. The predicted octanol–water partition coefficient (Wildman–Crippen LogP) is 5.40. The van der Waals surface area contributed by atoms with Crippen molar-refractivity contribution in [1.29, 1.82) is 0 Å². The number of rotatable bonds is 7. The van der Waals surface area contributed by atoms with Crippen LogP contribution in [0.3, 0.4) is 0 Å². The van der Waals surface area contributed by atoms with Crippen molar-refractivity contribution in [2.75, 3.05) is 11.2 Å². The highest BCUT2D eigenvalue weighted by molar-refractivity contribution is 6.31. The van der Waals surface area contributed by atoms with Gasteiger partial charge in [0.1, 0.15) is 5.69 Å². The maximum absolute atomic E-state index is 12.9. The van der Waals surface area contributed by atoms with Gasteiger partial charge in [0, 0.05) is 33.8 Å². The molecule has 134 valence electrons. The number of hydrogen-bond acceptors (Lipinski definition) is 2. The minimum absolute atomic E-state index is 0.145. The number of ketones is 1. The van der Waals surface area contributed by atoms with Crippen molar-refractivity contribution in [3.63, 3.8) is 0 Å². The van der Waals surface area contributed by atoms with Crippen LogP contribution in [-0.4, -0.2) is 22.6 Å². The van der Waals surface area contributed by atoms with Crippen LogP contribution in [-0.2, 0) is 4.79 Å². The van der Waals surface area contributed by atoms with E-state index in [2.05, 4.69) is 10.3 Å². The van der Waals surface area contributed by atoms with Gasteiger partial charge < -0.3 is 10.3 Å². The number of hydrogen-bond donors (Lipinski definition) is 2. The summed E-state index contributed by atoms with van der Waals surface area (Å²) in [6.07, 6.45) is 1.83. The summed E-state index contributed by atoms with van der Waals surface area (Å²) in [6, 6.07) is 14.2. The van der Waals surface area contributed by atoms with Crippen molar-refractivity contribution >= 4 is 51.5 Å². The maximum Gasteiger partial charge on any atom is 0.224 e. The summed E-state index contributed by atoms with van der Waals surface area (Å²) < 4.78 is 0. The van der Waals surface area contributed by atoms with Crippen LogP contribution in [0.5, 0.6) is 0 Å². The molecule has 1 aromatic heterocycles. The summed E-state index contributed by atoms with van der Waals surface area (Å²) in [5.74, 6) is 0.193. The first-order valence-electron chi connectivity index (χ1n) is 8.37. The van der Waals surface area contributed by atoms with E-state index in [-0.39, 0.29) is 11.7 Å². The summed E-state index contributed by atoms with van der Waals surface area (Å²) in [7, 11) is 0. The van der Waals surface area contributed by atoms with Crippen molar-refractivity contribution in [1.82, 2.24) is 4.98 Å². The third-order valence-electron chi connectivity index (χ3n) is 4.08. The second-order valence-corrected chi connectivity index (χ2v) is 6.77. The quantitative estimate of drug-likeness (QED) is 0.323. The fourth-order valence-electron chi connectivity index (χ4n) is 2.79. The topological polar surface area (TPSA) is 62.0 Å². The molecule has 0 aliphatic rings. The first-order valence-corrected chi connectivity index (χ1v) is 9.28. The SMILES string of the molecule is O=C(CCCCCl)Nc1c(C(=O)c2ccccc2)[nH]c2cc(Cl)ccc12. The summed E-state index contributed by atoms with van der Waals surface area (Å²) in [4.78, 5) is 28.3. The van der Waals surface area contributed by atoms with E-state index in [1.54, 1.807) is 42.5 Å². The Morgan fingerprint density at radius 1 is 1.04 bits per heavy atom. The van der Waals surface area contributed by atoms with E-state index in [9.17, 15) is 9.59 Å². The molecule has 1 heterocycles. The molecule has 0 aliphatic heterocycles. The summed E-state index contributed by atoms with van der Waals surface area (Å²) >= 11 is 11.7. The number of halogens is 2. The van der Waals surface area contributed by atoms with Crippen LogP contribution in [0.25, 0.3) is 10.9 Å². The molecule has 2 N–H and O–H groups in total. The lowest BCUT2D eigenvalue weighted by Crippen LogP contribution is -2.14. The van der Waals surface area contributed by atoms with Gasteiger partial charge in [-0.2, -0.15) is 0 Å². The van der Waals surface area contributed by atoms with Gasteiger partial charge in [0.2, 0.25) is 11.7 Å². The van der Waals surface area contributed by atoms with Gasteiger partial charge in [-0.05, 0) is 31.0 Å². The molecular formula is C20H18Cl2N2O2. The van der Waals surface area contributed by atoms with Crippen molar-refractivity contribution in [2.45, 2.75) is 19.3 Å². The molecule has 6 heteroatoms. The number of aromatic nitrogens is 1. The van der Waals surface area contributed by atoms with Crippen LogP contribution in [0.1, 0.15) is 35.3 Å². The van der Waals surface area contributed by atoms with Crippen molar-refractivity contribution in [3.05, 3.63) is 64.8 Å². The fraction of sp³-hybridized carbons (Fsp3) is 0.200. The smallest absolute Gasteiger partial charge is 0.224 e. The van der Waals surface area contributed by atoms with Gasteiger partial charge in [0.05, 0.1) is 5.69 Å². The normalized spacial score (nSPS) is 10.8. The monoisotopic (exact) mass is 388 g/mol. The van der Waals surface area contributed by atoms with Gasteiger partial charge in [-0.25, -0.2) is 0 Å². The molecule has 4 nitrogen and oxygen atoms in total. The number of unbranched alkanes of at least 4 members (excludes halogenated alkanes) is 1. The third-order valence-corrected chi connectivity index (χ3v) is 4.58. The molecule has 0 fully saturated rings. The van der Waals surface area contributed by atoms with Crippen molar-refractivity contribution < 1.29 is 9.59 Å². The third kappa shape index (κ3) is 4.09. The lowest BCUT2D eigenvalue weighted by atomic mass is 10.1. The standard InChI is InChI=1S/C20H18Cl2N2O2/c21-11-5-4-8-17(25)24-18-15-10-9-14(22)12-16(15)23-19(18)20(26)13-6-2-1-3-7-13/h1-3,6-7,9-10,12,23H,4-5,8,11H2,(H,24,25). The number of amides is 1. The zero-order valence-corrected chi connectivity index (χ0v) is 15.5. The number of fused-ring (bicyclic) bond motifs is 1. The van der Waals surface area contributed by atoms with Crippen LogP contribution in [0.4, 0.5) is 5.69 Å². The number of H-pyrrole nitrogens is 1. The zero-order valence-electron chi connectivity index (χ0n) is 14.0. The first-order chi connectivity index (χ1) is 12.6. The second-order valence-electron chi connectivity index (χ2n) is 5.95. The molecule has 3 rings (SSSR count). The van der Waals surface area contributed by atoms with Crippen molar-refractivity contribution in [3.8, 4) is 0 Å². The Hall–Kier alpha value is -2.30. The van der Waals surface area contributed by atoms with Crippen LogP contribution in [0.15, 0.2) is 48.5 Å². The molecule has 0 atom stereocenters. The largest absolute Gasteiger partial charge is 0.350 e. The first kappa shape index (κ1) is 18.5. The van der Waals surface area contributed by atoms with Crippen molar-refractivity contribution in [2.24, 2.45) is 0 Å². The highest BCUT2D eigenvalue weighted by atomic mass is 35.5. The average Bonchev–Trinajstić information content (AvgIpc) is 2.99. The lowest BCUT2D eigenvalue weighted by Gasteiger charge is -2.07. The van der Waals surface area contributed by atoms with E-state index in [0.717, 1.165) is 11.8 Å². The van der Waals surface area contributed by atoms with Gasteiger partial charge in [-0.1, -0.05) is 41.9 Å². The van der Waals surface area contributed by atoms with Gasteiger partial charge in [0.15, 0.2) is 0 Å². The number of anilines is 1. The highest BCUT2D eigenvalue weighted by Crippen LogP contribution is 2.31. The molecular weight excluding hydrogens is 371 g/mol. The van der Waals surface area contributed by atoms with E-state index in [0.29, 0.717) is 46.2 Å². The Labute approximate surface area is 161 Å². The molecule has 0 saturated carbocycles. The molecule has 0 unspecified atom stereocenters. The number of carbonyl (C=O) groups is 2. The van der Waals surface area contributed by atoms with Crippen LogP contribution in [0.2, 0.25) is 5.02 Å². The molecule has 3 aromatic rings. The van der Waals surface area contributed by atoms with Gasteiger partial charge in [-0.15, -0.1) is 11.6 Å². The minimum Gasteiger partial charge on any atom is -0.350 e. The van der Waals surface area contributed by atoms with Gasteiger partial charge in [-0.3, -0.25) is 9.59 Å². The Kier molecular flexibility index (Phi) is 5.96. The number of nitrogens with one attached hydrogen (secondary N) is 2. The number of alkyl halides is 1. The number of benzene rings is 2. The molecule has 0 aliphatic carbocycles. The van der Waals surface area contributed by atoms with E-state index >= 15 is 0 Å². The van der Waals surface area contributed by atoms with Crippen LogP contribution >= 0.6 is 23.2 Å². The van der Waals surface area contributed by atoms with Gasteiger partial charge >= 0.3 is 0 Å². The summed E-state index contributed by atoms with van der Waals surface area (Å²) in [5, 5.41) is 4.19. The molecule has 26 heavy (non-hydrogen) atoms. The zero-order chi connectivity index (χ0) is 18.5. The van der Waals surface area contributed by atoms with Gasteiger partial charge in [0.25, 0.3) is 0 Å². The number of aromatic amines is 1. The van der Waals surface area contributed by atoms with E-state index in [4.69, 9.17) is 23.2 Å². The minimum atomic E-state index is -0.186. The Morgan fingerprint density at radius 2 is 1.81 bits per heavy atom. The highest BCUT2D eigenvalue weighted by Gasteiger charge is 2.20. The summed E-state index contributed by atoms with van der Waals surface area (Å²) in [5.41, 5.74) is 2.08. The Morgan fingerprint density at radius 3 is 2.54 bits per heavy atom. The Bertz CT molecular complexity index is 936. The molecule has 0 saturated heterocycles. The fourth-order valence-corrected chi connectivity index (χ4v) is 3.15. The Balaban J connectivity index is 1.99. The molecule has 0 radical (unpaired) electrons. The summed E-state index contributed by atoms with van der Waals surface area (Å²) in [6.45, 7) is 0. The van der Waals surface area contributed by atoms with Crippen LogP contribution in [0, 0.1) is 0 Å². The van der Waals surface area contributed by atoms with Crippen LogP contribution < -0.4 is 5.32 Å². The maximum atomic E-state index is 12.9. The molecule has 1 amide bonds.